The van der Waals surface area contributed by atoms with Crippen molar-refractivity contribution in [3.63, 3.8) is 0 Å². The number of piperazine rings is 2. The molecule has 13 heteroatoms. The first-order valence-electron chi connectivity index (χ1n) is 20.5. The van der Waals surface area contributed by atoms with Gasteiger partial charge in [-0.25, -0.2) is 0 Å². The third kappa shape index (κ3) is 11.4. The monoisotopic (exact) mass is 844 g/mol. The van der Waals surface area contributed by atoms with Crippen molar-refractivity contribution >= 4 is 56.7 Å². The summed E-state index contributed by atoms with van der Waals surface area (Å²) in [6.45, 7) is 10.8. The fourth-order valence-electron chi connectivity index (χ4n) is 7.87. The Morgan fingerprint density at radius 3 is 1.61 bits per heavy atom. The molecular weight excluding hydrogens is 790 g/mol. The number of benzene rings is 4. The van der Waals surface area contributed by atoms with Crippen molar-refractivity contribution in [3.05, 3.63) is 109 Å². The number of fused-ring (bicyclic) bond motifs is 2. The van der Waals surface area contributed by atoms with Gasteiger partial charge in [0.25, 0.3) is 0 Å². The number of methoxy groups -OCH3 is 2. The number of rotatable bonds is 15. The second-order valence-corrected chi connectivity index (χ2v) is 17.2. The molecule has 2 saturated heterocycles. The van der Waals surface area contributed by atoms with Gasteiger partial charge in [-0.15, -0.1) is 23.5 Å². The number of hydrogen-bond acceptors (Lipinski definition) is 8. The van der Waals surface area contributed by atoms with Crippen LogP contribution < -0.4 is 19.3 Å². The molecule has 2 N–H and O–H groups in total. The first-order chi connectivity index (χ1) is 28.8. The maximum absolute atomic E-state index is 12.6. The van der Waals surface area contributed by atoms with Gasteiger partial charge in [0.1, 0.15) is 0 Å². The summed E-state index contributed by atoms with van der Waals surface area (Å²) in [6.07, 6.45) is 3.25. The average Bonchev–Trinajstić information content (AvgIpc) is 3.96. The van der Waals surface area contributed by atoms with Crippen LogP contribution in [0, 0.1) is 0 Å². The number of alkyl halides is 3. The predicted molar refractivity (Wildman–Crippen MR) is 240 cm³/mol. The molecule has 2 aliphatic rings. The van der Waals surface area contributed by atoms with Crippen LogP contribution >= 0.6 is 23.5 Å². The van der Waals surface area contributed by atoms with E-state index in [9.17, 15) is 13.2 Å². The first-order valence-corrected chi connectivity index (χ1v) is 22.5. The van der Waals surface area contributed by atoms with Gasteiger partial charge in [-0.2, -0.15) is 13.2 Å². The van der Waals surface area contributed by atoms with E-state index in [1.54, 1.807) is 38.1 Å². The molecular formula is C46H55F3N6O2S2. The number of halogens is 3. The van der Waals surface area contributed by atoms with Crippen LogP contribution in [0.25, 0.3) is 21.8 Å². The normalized spacial score (nSPS) is 15.4. The Kier molecular flexibility index (Phi) is 15.0. The molecule has 2 aliphatic heterocycles. The number of aromatic amines is 2. The minimum absolute atomic E-state index is 0.588. The molecule has 8 rings (SSSR count). The smallest absolute Gasteiger partial charge is 0.416 e. The van der Waals surface area contributed by atoms with E-state index in [1.807, 2.05) is 30.2 Å². The fourth-order valence-corrected chi connectivity index (χ4v) is 9.64. The highest BCUT2D eigenvalue weighted by Crippen LogP contribution is 2.33. The van der Waals surface area contributed by atoms with Gasteiger partial charge in [-0.1, -0.05) is 12.1 Å². The molecule has 4 aromatic carbocycles. The second kappa shape index (κ2) is 20.7. The Morgan fingerprint density at radius 2 is 1.07 bits per heavy atom. The van der Waals surface area contributed by atoms with Crippen LogP contribution in [0.2, 0.25) is 0 Å². The number of nitrogens with zero attached hydrogens (tertiary/aromatic N) is 4. The maximum atomic E-state index is 12.6. The maximum Gasteiger partial charge on any atom is 0.416 e. The van der Waals surface area contributed by atoms with Crippen LogP contribution in [0.1, 0.15) is 24.8 Å². The van der Waals surface area contributed by atoms with Gasteiger partial charge in [0.2, 0.25) is 0 Å². The Balaban J connectivity index is 0.000000179. The zero-order valence-electron chi connectivity index (χ0n) is 34.0. The Bertz CT molecular complexity index is 2190. The molecule has 0 amide bonds. The summed E-state index contributed by atoms with van der Waals surface area (Å²) in [5.74, 6) is 3.63. The summed E-state index contributed by atoms with van der Waals surface area (Å²) in [4.78, 5) is 18.8. The third-order valence-electron chi connectivity index (χ3n) is 11.1. The Labute approximate surface area is 354 Å². The van der Waals surface area contributed by atoms with E-state index < -0.39 is 11.7 Å². The molecule has 8 nitrogen and oxygen atoms in total. The molecule has 0 aliphatic carbocycles. The van der Waals surface area contributed by atoms with Gasteiger partial charge >= 0.3 is 6.18 Å². The molecule has 2 aromatic heterocycles. The summed E-state index contributed by atoms with van der Waals surface area (Å²) >= 11 is 3.51. The molecule has 2 fully saturated rings. The number of H-pyrrole nitrogens is 2. The lowest BCUT2D eigenvalue weighted by Crippen LogP contribution is -2.46. The minimum Gasteiger partial charge on any atom is -0.493 e. The van der Waals surface area contributed by atoms with Crippen molar-refractivity contribution in [2.75, 3.05) is 101 Å². The number of unbranched alkanes of at least 4 members (excludes halogenated alkanes) is 1. The van der Waals surface area contributed by atoms with Gasteiger partial charge in [-0.05, 0) is 123 Å². The van der Waals surface area contributed by atoms with E-state index in [0.29, 0.717) is 0 Å². The lowest BCUT2D eigenvalue weighted by atomic mass is 10.1. The minimum atomic E-state index is -4.27. The number of aromatic nitrogens is 2. The van der Waals surface area contributed by atoms with Crippen molar-refractivity contribution in [3.8, 4) is 11.5 Å². The highest BCUT2D eigenvalue weighted by Gasteiger charge is 2.30. The van der Waals surface area contributed by atoms with Gasteiger partial charge in [0.05, 0.1) is 19.8 Å². The van der Waals surface area contributed by atoms with Gasteiger partial charge in [-0.3, -0.25) is 9.80 Å². The molecule has 0 radical (unpaired) electrons. The Morgan fingerprint density at radius 1 is 0.559 bits per heavy atom. The van der Waals surface area contributed by atoms with Crippen molar-refractivity contribution in [1.29, 1.82) is 0 Å². The number of ether oxygens (including phenoxy) is 2. The lowest BCUT2D eigenvalue weighted by Gasteiger charge is -2.36. The standard InChI is InChI=1S/C24H31N3O2S.C22H24F3N3S/c1-28-23-9-8-19(18-24(23)29-2)30-17-4-3-12-26-13-15-27(16-14-26)22-7-5-6-21-20(22)10-11-25-21;23-22(24,25)17-5-7-18(8-6-17)29-16-2-11-27-12-14-28(15-13-27)21-4-1-3-20-19(21)9-10-26-20/h5-11,18,25H,3-4,12-17H2,1-2H3;1,3-10,26H,2,11-16H2. The van der Waals surface area contributed by atoms with E-state index in [4.69, 9.17) is 9.47 Å². The van der Waals surface area contributed by atoms with Crippen LogP contribution in [0.5, 0.6) is 11.5 Å². The number of nitrogens with one attached hydrogen (secondary N) is 2. The summed E-state index contributed by atoms with van der Waals surface area (Å²) in [5.41, 5.74) is 4.46. The quantitative estimate of drug-likeness (QED) is 0.0783. The molecule has 6 aromatic rings. The molecule has 0 spiro atoms. The third-order valence-corrected chi connectivity index (χ3v) is 13.3. The topological polar surface area (TPSA) is 63.0 Å². The van der Waals surface area contributed by atoms with Crippen LogP contribution in [0.15, 0.2) is 113 Å². The van der Waals surface area contributed by atoms with Gasteiger partial charge in [0, 0.05) is 108 Å². The predicted octanol–water partition coefficient (Wildman–Crippen LogP) is 10.4. The van der Waals surface area contributed by atoms with Gasteiger partial charge < -0.3 is 29.2 Å². The van der Waals surface area contributed by atoms with Crippen LogP contribution in [0.3, 0.4) is 0 Å². The fraction of sp³-hybridized carbons (Fsp3) is 0.391. The van der Waals surface area contributed by atoms with Crippen molar-refractivity contribution in [2.45, 2.75) is 35.2 Å². The molecule has 0 atom stereocenters. The molecule has 4 heterocycles. The molecule has 59 heavy (non-hydrogen) atoms. The van der Waals surface area contributed by atoms with E-state index in [-0.39, 0.29) is 0 Å². The van der Waals surface area contributed by atoms with Crippen molar-refractivity contribution in [2.24, 2.45) is 0 Å². The van der Waals surface area contributed by atoms with Crippen LogP contribution in [-0.2, 0) is 6.18 Å². The van der Waals surface area contributed by atoms with Crippen molar-refractivity contribution in [1.82, 2.24) is 19.8 Å². The Hall–Kier alpha value is -4.43. The molecule has 0 saturated carbocycles. The number of thioether (sulfide) groups is 2. The van der Waals surface area contributed by atoms with E-state index in [1.165, 1.54) is 57.5 Å². The summed E-state index contributed by atoms with van der Waals surface area (Å²) < 4.78 is 48.5. The van der Waals surface area contributed by atoms with Crippen molar-refractivity contribution < 1.29 is 22.6 Å². The molecule has 0 unspecified atom stereocenters. The van der Waals surface area contributed by atoms with Gasteiger partial charge in [0.15, 0.2) is 11.5 Å². The summed E-state index contributed by atoms with van der Waals surface area (Å²) in [6, 6.07) is 28.8. The van der Waals surface area contributed by atoms with Crippen LogP contribution in [-0.4, -0.2) is 111 Å². The molecule has 314 valence electrons. The summed E-state index contributed by atoms with van der Waals surface area (Å²) in [7, 11) is 3.36. The number of hydrogen-bond donors (Lipinski definition) is 2. The number of anilines is 2. The SMILES string of the molecule is COc1ccc(SCCCCN2CCN(c3cccc4[nH]ccc34)CC2)cc1OC.FC(F)(F)c1ccc(SCCCN2CCN(c3cccc4[nH]ccc34)CC2)cc1. The highest BCUT2D eigenvalue weighted by atomic mass is 32.2. The van der Waals surface area contributed by atoms with E-state index in [2.05, 4.69) is 90.2 Å². The molecule has 0 bridgehead atoms. The van der Waals surface area contributed by atoms with Crippen LogP contribution in [0.4, 0.5) is 24.5 Å². The lowest BCUT2D eigenvalue weighted by molar-refractivity contribution is -0.137. The second-order valence-electron chi connectivity index (χ2n) is 14.9. The zero-order chi connectivity index (χ0) is 41.0. The summed E-state index contributed by atoms with van der Waals surface area (Å²) in [5, 5.41) is 2.60. The van der Waals surface area contributed by atoms with E-state index in [0.717, 1.165) is 105 Å². The average molecular weight is 845 g/mol. The zero-order valence-corrected chi connectivity index (χ0v) is 35.6. The highest BCUT2D eigenvalue weighted by molar-refractivity contribution is 7.99. The first kappa shape index (κ1) is 42.7. The largest absolute Gasteiger partial charge is 0.493 e. The van der Waals surface area contributed by atoms with E-state index >= 15 is 0 Å².